The van der Waals surface area contributed by atoms with E-state index in [1.165, 1.54) is 11.1 Å². The summed E-state index contributed by atoms with van der Waals surface area (Å²) in [6.45, 7) is 20.3. The molecular weight excluding hydrogens is 282 g/mol. The average molecular weight is 316 g/mol. The number of fused-ring (bicyclic) bond motifs is 1. The van der Waals surface area contributed by atoms with Crippen LogP contribution >= 0.6 is 0 Å². The zero-order valence-corrected chi connectivity index (χ0v) is 16.4. The molecule has 2 aromatic heterocycles. The van der Waals surface area contributed by atoms with Crippen LogP contribution < -0.4 is 0 Å². The standard InChI is InChI=1S/C20H33N3/c1-10-12-20(8,9)17-22-16(19(5,6)7)15-14(18(2,3)4)11-13-21-23(15)17/h11,13H,10,12H2,1-9H3. The van der Waals surface area contributed by atoms with Crippen LogP contribution in [0.4, 0.5) is 0 Å². The minimum absolute atomic E-state index is 0.00513. The van der Waals surface area contributed by atoms with Crippen LogP contribution in [0.3, 0.4) is 0 Å². The highest BCUT2D eigenvalue weighted by molar-refractivity contribution is 5.63. The quantitative estimate of drug-likeness (QED) is 0.759. The summed E-state index contributed by atoms with van der Waals surface area (Å²) >= 11 is 0. The maximum atomic E-state index is 5.13. The SMILES string of the molecule is CCCC(C)(C)c1nc(C(C)(C)C)c2c(C(C)(C)C)ccnn12. The van der Waals surface area contributed by atoms with E-state index in [-0.39, 0.29) is 16.2 Å². The Kier molecular flexibility index (Phi) is 4.38. The van der Waals surface area contributed by atoms with Crippen LogP contribution in [0.15, 0.2) is 12.3 Å². The second kappa shape index (κ2) is 5.61. The fraction of sp³-hybridized carbons (Fsp3) is 0.700. The molecule has 0 amide bonds. The van der Waals surface area contributed by atoms with Gasteiger partial charge in [0.25, 0.3) is 0 Å². The van der Waals surface area contributed by atoms with Crippen LogP contribution in [-0.2, 0) is 16.2 Å². The lowest BCUT2D eigenvalue weighted by molar-refractivity contribution is 0.433. The normalized spacial score (nSPS) is 13.8. The van der Waals surface area contributed by atoms with E-state index in [4.69, 9.17) is 10.1 Å². The smallest absolute Gasteiger partial charge is 0.136 e. The maximum Gasteiger partial charge on any atom is 0.136 e. The molecule has 3 nitrogen and oxygen atoms in total. The van der Waals surface area contributed by atoms with Gasteiger partial charge in [-0.05, 0) is 23.5 Å². The van der Waals surface area contributed by atoms with Crippen molar-refractivity contribution >= 4 is 5.52 Å². The van der Waals surface area contributed by atoms with Crippen LogP contribution in [0.2, 0.25) is 0 Å². The van der Waals surface area contributed by atoms with E-state index >= 15 is 0 Å². The van der Waals surface area contributed by atoms with Crippen molar-refractivity contribution in [3.8, 4) is 0 Å². The summed E-state index contributed by atoms with van der Waals surface area (Å²) in [6.07, 6.45) is 4.18. The summed E-state index contributed by atoms with van der Waals surface area (Å²) in [5, 5.41) is 4.69. The second-order valence-electron chi connectivity index (χ2n) is 9.42. The summed E-state index contributed by atoms with van der Waals surface area (Å²) in [7, 11) is 0. The molecule has 0 aliphatic heterocycles. The lowest BCUT2D eigenvalue weighted by atomic mass is 9.83. The molecule has 0 aliphatic rings. The Morgan fingerprint density at radius 3 is 2.04 bits per heavy atom. The Labute approximate surface area is 141 Å². The fourth-order valence-corrected chi connectivity index (χ4v) is 3.32. The Balaban J connectivity index is 2.89. The first-order valence-corrected chi connectivity index (χ1v) is 8.79. The molecule has 0 spiro atoms. The van der Waals surface area contributed by atoms with Gasteiger partial charge in [-0.25, -0.2) is 9.50 Å². The zero-order valence-electron chi connectivity index (χ0n) is 16.4. The largest absolute Gasteiger partial charge is 0.235 e. The highest BCUT2D eigenvalue weighted by Gasteiger charge is 2.33. The lowest BCUT2D eigenvalue weighted by Gasteiger charge is -2.24. The van der Waals surface area contributed by atoms with Gasteiger partial charge in [-0.1, -0.05) is 68.7 Å². The summed E-state index contributed by atoms with van der Waals surface area (Å²) in [5.74, 6) is 1.09. The van der Waals surface area contributed by atoms with Gasteiger partial charge < -0.3 is 0 Å². The second-order valence-corrected chi connectivity index (χ2v) is 9.42. The lowest BCUT2D eigenvalue weighted by Crippen LogP contribution is -2.22. The molecule has 23 heavy (non-hydrogen) atoms. The Morgan fingerprint density at radius 2 is 1.57 bits per heavy atom. The highest BCUT2D eigenvalue weighted by Crippen LogP contribution is 2.37. The molecule has 0 radical (unpaired) electrons. The fourth-order valence-electron chi connectivity index (χ4n) is 3.32. The van der Waals surface area contributed by atoms with Gasteiger partial charge in [-0.15, -0.1) is 0 Å². The van der Waals surface area contributed by atoms with E-state index < -0.39 is 0 Å². The van der Waals surface area contributed by atoms with Crippen LogP contribution in [0.1, 0.15) is 92.2 Å². The molecular formula is C20H33N3. The minimum atomic E-state index is -0.00513. The molecule has 0 atom stereocenters. The third-order valence-corrected chi connectivity index (χ3v) is 4.53. The van der Waals surface area contributed by atoms with Crippen molar-refractivity contribution in [1.29, 1.82) is 0 Å². The number of aromatic nitrogens is 3. The molecule has 0 bridgehead atoms. The molecule has 0 unspecified atom stereocenters. The highest BCUT2D eigenvalue weighted by atomic mass is 15.3. The molecule has 0 fully saturated rings. The van der Waals surface area contributed by atoms with Gasteiger partial charge in [0.05, 0.1) is 11.2 Å². The van der Waals surface area contributed by atoms with Gasteiger partial charge in [0, 0.05) is 17.0 Å². The third kappa shape index (κ3) is 3.29. The van der Waals surface area contributed by atoms with Crippen molar-refractivity contribution in [2.45, 2.75) is 91.4 Å². The Bertz CT molecular complexity index is 694. The van der Waals surface area contributed by atoms with Crippen molar-refractivity contribution in [2.75, 3.05) is 0 Å². The van der Waals surface area contributed by atoms with Crippen molar-refractivity contribution < 1.29 is 0 Å². The minimum Gasteiger partial charge on any atom is -0.235 e. The van der Waals surface area contributed by atoms with E-state index in [2.05, 4.69) is 72.9 Å². The molecule has 3 heteroatoms. The summed E-state index contributed by atoms with van der Waals surface area (Å²) in [6, 6.07) is 2.16. The monoisotopic (exact) mass is 315 g/mol. The summed E-state index contributed by atoms with van der Waals surface area (Å²) in [5.41, 5.74) is 3.76. The van der Waals surface area contributed by atoms with Gasteiger partial charge in [0.15, 0.2) is 0 Å². The molecule has 2 aromatic rings. The van der Waals surface area contributed by atoms with Crippen molar-refractivity contribution in [3.63, 3.8) is 0 Å². The predicted molar refractivity (Wildman–Crippen MR) is 98.3 cm³/mol. The first-order valence-electron chi connectivity index (χ1n) is 8.79. The van der Waals surface area contributed by atoms with E-state index in [0.717, 1.165) is 24.4 Å². The number of hydrogen-bond donors (Lipinski definition) is 0. The number of nitrogens with zero attached hydrogens (tertiary/aromatic N) is 3. The van der Waals surface area contributed by atoms with Crippen LogP contribution in [-0.4, -0.2) is 14.6 Å². The van der Waals surface area contributed by atoms with E-state index in [9.17, 15) is 0 Å². The van der Waals surface area contributed by atoms with Gasteiger partial charge in [0.1, 0.15) is 5.82 Å². The van der Waals surface area contributed by atoms with Crippen molar-refractivity contribution in [1.82, 2.24) is 14.6 Å². The topological polar surface area (TPSA) is 30.2 Å². The number of rotatable bonds is 3. The first kappa shape index (κ1) is 18.0. The first-order chi connectivity index (χ1) is 10.4. The Morgan fingerprint density at radius 1 is 0.957 bits per heavy atom. The molecule has 0 N–H and O–H groups in total. The van der Waals surface area contributed by atoms with Crippen LogP contribution in [0.5, 0.6) is 0 Å². The molecule has 2 rings (SSSR count). The van der Waals surface area contributed by atoms with Crippen molar-refractivity contribution in [2.24, 2.45) is 0 Å². The molecule has 0 saturated heterocycles. The maximum absolute atomic E-state index is 5.13. The zero-order chi connectivity index (χ0) is 17.6. The molecule has 0 aromatic carbocycles. The van der Waals surface area contributed by atoms with Crippen molar-refractivity contribution in [3.05, 3.63) is 29.3 Å². The van der Waals surface area contributed by atoms with E-state index in [0.29, 0.717) is 0 Å². The molecule has 0 saturated carbocycles. The summed E-state index contributed by atoms with van der Waals surface area (Å²) < 4.78 is 2.11. The van der Waals surface area contributed by atoms with Gasteiger partial charge in [-0.3, -0.25) is 0 Å². The Hall–Kier alpha value is -1.38. The van der Waals surface area contributed by atoms with Gasteiger partial charge >= 0.3 is 0 Å². The van der Waals surface area contributed by atoms with Gasteiger partial charge in [-0.2, -0.15) is 5.10 Å². The predicted octanol–water partition coefficient (Wildman–Crippen LogP) is 5.40. The molecule has 0 aliphatic carbocycles. The van der Waals surface area contributed by atoms with Crippen LogP contribution in [0.25, 0.3) is 5.52 Å². The van der Waals surface area contributed by atoms with Crippen LogP contribution in [0, 0.1) is 0 Å². The number of imidazole rings is 1. The van der Waals surface area contributed by atoms with E-state index in [1.54, 1.807) is 0 Å². The molecule has 2 heterocycles. The van der Waals surface area contributed by atoms with Gasteiger partial charge in [0.2, 0.25) is 0 Å². The average Bonchev–Trinajstić information content (AvgIpc) is 2.77. The summed E-state index contributed by atoms with van der Waals surface area (Å²) in [4.78, 5) is 5.13. The van der Waals surface area contributed by atoms with E-state index in [1.807, 2.05) is 6.20 Å². The number of hydrogen-bond acceptors (Lipinski definition) is 2. The molecule has 128 valence electrons. The third-order valence-electron chi connectivity index (χ3n) is 4.53.